The number of hydrogen-bond acceptors (Lipinski definition) is 5. The molecule has 2 fully saturated rings. The average Bonchev–Trinajstić information content (AvgIpc) is 3.29. The molecular weight excluding hydrogens is 264 g/mol. The Morgan fingerprint density at radius 1 is 1.29 bits per heavy atom. The Morgan fingerprint density at radius 3 is 2.71 bits per heavy atom. The summed E-state index contributed by atoms with van der Waals surface area (Å²) in [7, 11) is 1.87. The molecule has 2 atom stereocenters. The minimum atomic E-state index is -0.595. The summed E-state index contributed by atoms with van der Waals surface area (Å²) in [6, 6.07) is 1.92. The highest BCUT2D eigenvalue weighted by Gasteiger charge is 2.33. The van der Waals surface area contributed by atoms with Crippen molar-refractivity contribution in [3.63, 3.8) is 0 Å². The van der Waals surface area contributed by atoms with Crippen LogP contribution in [0.5, 0.6) is 0 Å². The van der Waals surface area contributed by atoms with Crippen LogP contribution in [0.4, 0.5) is 11.6 Å². The second-order valence-corrected chi connectivity index (χ2v) is 6.80. The van der Waals surface area contributed by atoms with E-state index in [1.54, 1.807) is 0 Å². The van der Waals surface area contributed by atoms with E-state index in [1.807, 2.05) is 13.1 Å². The SMILES string of the molecule is CNc1cc(NCC2(O)CCCC(C)C2)nc(C2CC2)n1. The zero-order valence-corrected chi connectivity index (χ0v) is 13.0. The van der Waals surface area contributed by atoms with Gasteiger partial charge in [0.05, 0.1) is 5.60 Å². The van der Waals surface area contributed by atoms with E-state index in [1.165, 1.54) is 19.3 Å². The summed E-state index contributed by atoms with van der Waals surface area (Å²) in [5.74, 6) is 3.72. The largest absolute Gasteiger partial charge is 0.388 e. The molecule has 21 heavy (non-hydrogen) atoms. The molecule has 0 aliphatic heterocycles. The van der Waals surface area contributed by atoms with Crippen molar-refractivity contribution in [2.45, 2.75) is 57.0 Å². The van der Waals surface area contributed by atoms with Crippen LogP contribution in [0, 0.1) is 5.92 Å². The Hall–Kier alpha value is -1.36. The smallest absolute Gasteiger partial charge is 0.136 e. The van der Waals surface area contributed by atoms with Crippen LogP contribution in [-0.2, 0) is 0 Å². The van der Waals surface area contributed by atoms with Crippen LogP contribution in [0.25, 0.3) is 0 Å². The van der Waals surface area contributed by atoms with Crippen LogP contribution >= 0.6 is 0 Å². The first-order chi connectivity index (χ1) is 10.1. The third-order valence-corrected chi connectivity index (χ3v) is 4.61. The van der Waals surface area contributed by atoms with Crippen molar-refractivity contribution < 1.29 is 5.11 Å². The zero-order valence-electron chi connectivity index (χ0n) is 13.0. The fraction of sp³-hybridized carbons (Fsp3) is 0.750. The van der Waals surface area contributed by atoms with E-state index in [2.05, 4.69) is 27.5 Å². The molecule has 2 aliphatic rings. The molecule has 2 unspecified atom stereocenters. The number of nitrogens with zero attached hydrogens (tertiary/aromatic N) is 2. The summed E-state index contributed by atoms with van der Waals surface area (Å²) in [5.41, 5.74) is -0.595. The highest BCUT2D eigenvalue weighted by Crippen LogP contribution is 2.39. The quantitative estimate of drug-likeness (QED) is 0.778. The minimum Gasteiger partial charge on any atom is -0.388 e. The first-order valence-corrected chi connectivity index (χ1v) is 8.11. The van der Waals surface area contributed by atoms with Crippen molar-refractivity contribution in [3.8, 4) is 0 Å². The monoisotopic (exact) mass is 290 g/mol. The summed E-state index contributed by atoms with van der Waals surface area (Å²) in [5, 5.41) is 17.1. The third-order valence-electron chi connectivity index (χ3n) is 4.61. The van der Waals surface area contributed by atoms with Gasteiger partial charge in [-0.2, -0.15) is 0 Å². The second-order valence-electron chi connectivity index (χ2n) is 6.80. The summed E-state index contributed by atoms with van der Waals surface area (Å²) in [6.07, 6.45) is 6.47. The molecule has 1 heterocycles. The molecule has 3 N–H and O–H groups in total. The van der Waals surface area contributed by atoms with Crippen LogP contribution in [-0.4, -0.2) is 34.3 Å². The van der Waals surface area contributed by atoms with Gasteiger partial charge in [0, 0.05) is 25.6 Å². The van der Waals surface area contributed by atoms with Crippen LogP contribution in [0.3, 0.4) is 0 Å². The minimum absolute atomic E-state index is 0.525. The number of hydrogen-bond donors (Lipinski definition) is 3. The molecule has 1 aromatic rings. The number of anilines is 2. The molecule has 2 aliphatic carbocycles. The van der Waals surface area contributed by atoms with Crippen molar-refractivity contribution >= 4 is 11.6 Å². The highest BCUT2D eigenvalue weighted by molar-refractivity contribution is 5.48. The maximum Gasteiger partial charge on any atom is 0.136 e. The maximum atomic E-state index is 10.7. The maximum absolute atomic E-state index is 10.7. The molecule has 5 nitrogen and oxygen atoms in total. The molecule has 3 rings (SSSR count). The average molecular weight is 290 g/mol. The number of rotatable bonds is 5. The van der Waals surface area contributed by atoms with Gasteiger partial charge in [0.15, 0.2) is 0 Å². The molecule has 1 aromatic heterocycles. The molecule has 116 valence electrons. The Morgan fingerprint density at radius 2 is 2.05 bits per heavy atom. The van der Waals surface area contributed by atoms with Gasteiger partial charge in [0.25, 0.3) is 0 Å². The standard InChI is InChI=1S/C16H26N4O/c1-11-4-3-7-16(21,9-11)10-18-14-8-13(17-2)19-15(20-14)12-5-6-12/h8,11-12,21H,3-7,9-10H2,1-2H3,(H2,17,18,19,20). The zero-order chi connectivity index (χ0) is 14.9. The Labute approximate surface area is 126 Å². The topological polar surface area (TPSA) is 70.1 Å². The van der Waals surface area contributed by atoms with E-state index >= 15 is 0 Å². The molecule has 5 heteroatoms. The van der Waals surface area contributed by atoms with Crippen LogP contribution in [0.15, 0.2) is 6.07 Å². The molecule has 0 amide bonds. The lowest BCUT2D eigenvalue weighted by Crippen LogP contribution is -2.41. The van der Waals surface area contributed by atoms with Gasteiger partial charge in [0.2, 0.25) is 0 Å². The summed E-state index contributed by atoms with van der Waals surface area (Å²) in [6.45, 7) is 2.79. The van der Waals surface area contributed by atoms with Crippen molar-refractivity contribution in [1.82, 2.24) is 9.97 Å². The molecular formula is C16H26N4O. The van der Waals surface area contributed by atoms with E-state index in [0.29, 0.717) is 18.4 Å². The number of aliphatic hydroxyl groups is 1. The Kier molecular flexibility index (Phi) is 4.02. The Balaban J connectivity index is 1.68. The lowest BCUT2D eigenvalue weighted by Gasteiger charge is -2.35. The fourth-order valence-electron chi connectivity index (χ4n) is 3.26. The van der Waals surface area contributed by atoms with Crippen molar-refractivity contribution in [2.75, 3.05) is 24.2 Å². The predicted molar refractivity (Wildman–Crippen MR) is 84.6 cm³/mol. The molecule has 0 bridgehead atoms. The highest BCUT2D eigenvalue weighted by atomic mass is 16.3. The molecule has 0 saturated heterocycles. The van der Waals surface area contributed by atoms with E-state index in [4.69, 9.17) is 0 Å². The van der Waals surface area contributed by atoms with Gasteiger partial charge in [-0.05, 0) is 31.6 Å². The second kappa shape index (κ2) is 5.79. The van der Waals surface area contributed by atoms with E-state index in [9.17, 15) is 5.11 Å². The normalized spacial score (nSPS) is 29.2. The van der Waals surface area contributed by atoms with E-state index < -0.39 is 5.60 Å². The van der Waals surface area contributed by atoms with Gasteiger partial charge in [0.1, 0.15) is 17.5 Å². The van der Waals surface area contributed by atoms with Gasteiger partial charge in [-0.1, -0.05) is 19.8 Å². The van der Waals surface area contributed by atoms with Gasteiger partial charge < -0.3 is 15.7 Å². The summed E-state index contributed by atoms with van der Waals surface area (Å²) >= 11 is 0. The predicted octanol–water partition coefficient (Wildman–Crippen LogP) is 2.75. The summed E-state index contributed by atoms with van der Waals surface area (Å²) in [4.78, 5) is 9.12. The Bertz CT molecular complexity index is 503. The molecule has 0 aromatic carbocycles. The number of nitrogens with one attached hydrogen (secondary N) is 2. The lowest BCUT2D eigenvalue weighted by atomic mass is 9.79. The molecule has 0 radical (unpaired) electrons. The van der Waals surface area contributed by atoms with Crippen molar-refractivity contribution in [2.24, 2.45) is 5.92 Å². The van der Waals surface area contributed by atoms with Crippen LogP contribution < -0.4 is 10.6 Å². The molecule has 2 saturated carbocycles. The van der Waals surface area contributed by atoms with Gasteiger partial charge in [-0.25, -0.2) is 9.97 Å². The van der Waals surface area contributed by atoms with Crippen LogP contribution in [0.1, 0.15) is 57.2 Å². The lowest BCUT2D eigenvalue weighted by molar-refractivity contribution is -0.000831. The van der Waals surface area contributed by atoms with Gasteiger partial charge in [-0.3, -0.25) is 0 Å². The van der Waals surface area contributed by atoms with E-state index in [-0.39, 0.29) is 0 Å². The van der Waals surface area contributed by atoms with Gasteiger partial charge in [-0.15, -0.1) is 0 Å². The van der Waals surface area contributed by atoms with Crippen molar-refractivity contribution in [1.29, 1.82) is 0 Å². The summed E-state index contributed by atoms with van der Waals surface area (Å²) < 4.78 is 0. The number of aromatic nitrogens is 2. The van der Waals surface area contributed by atoms with E-state index in [0.717, 1.165) is 36.7 Å². The van der Waals surface area contributed by atoms with Crippen molar-refractivity contribution in [3.05, 3.63) is 11.9 Å². The third kappa shape index (κ3) is 3.64. The first kappa shape index (κ1) is 14.6. The first-order valence-electron chi connectivity index (χ1n) is 8.11. The fourth-order valence-corrected chi connectivity index (χ4v) is 3.26. The van der Waals surface area contributed by atoms with Crippen LogP contribution in [0.2, 0.25) is 0 Å². The van der Waals surface area contributed by atoms with Gasteiger partial charge >= 0.3 is 0 Å². The molecule has 0 spiro atoms.